The SMILES string of the molecule is CC/C=C\C/C=C\C/C=C\C/C=C\C/C=C\C/C=C\CCCCC(=O)OC(COC(=O)CCCCCCCC/C=C\C/C=C\C/C=C\CCCCCCC)COC(=O)CCCCCCCCCCCCC/C=C\CCCCCCCCCC. The summed E-state index contributed by atoms with van der Waals surface area (Å²) in [7, 11) is 0. The van der Waals surface area contributed by atoms with Crippen molar-refractivity contribution in [1.29, 1.82) is 0 Å². The molecule has 6 nitrogen and oxygen atoms in total. The molecule has 0 amide bonds. The van der Waals surface area contributed by atoms with Crippen LogP contribution in [0.1, 0.15) is 329 Å². The van der Waals surface area contributed by atoms with Crippen molar-refractivity contribution in [3.05, 3.63) is 122 Å². The molecule has 0 saturated carbocycles. The van der Waals surface area contributed by atoms with Gasteiger partial charge in [0.15, 0.2) is 6.10 Å². The van der Waals surface area contributed by atoms with E-state index >= 15 is 0 Å². The van der Waals surface area contributed by atoms with Gasteiger partial charge in [-0.05, 0) is 135 Å². The summed E-state index contributed by atoms with van der Waals surface area (Å²) in [4.78, 5) is 38.5. The van der Waals surface area contributed by atoms with Crippen LogP contribution in [0, 0.1) is 0 Å². The fourth-order valence-corrected chi connectivity index (χ4v) is 9.68. The Kier molecular flexibility index (Phi) is 66.7. The van der Waals surface area contributed by atoms with E-state index in [0.717, 1.165) is 116 Å². The number of hydrogen-bond donors (Lipinski definition) is 0. The summed E-state index contributed by atoms with van der Waals surface area (Å²) in [6.07, 6.45) is 97.9. The quantitative estimate of drug-likeness (QED) is 0.0261. The van der Waals surface area contributed by atoms with Gasteiger partial charge in [-0.1, -0.05) is 296 Å². The van der Waals surface area contributed by atoms with Crippen molar-refractivity contribution in [2.45, 2.75) is 335 Å². The van der Waals surface area contributed by atoms with Gasteiger partial charge in [0.1, 0.15) is 13.2 Å². The number of hydrogen-bond acceptors (Lipinski definition) is 6. The summed E-state index contributed by atoms with van der Waals surface area (Å²) in [6, 6.07) is 0. The second-order valence-corrected chi connectivity index (χ2v) is 23.1. The molecule has 0 radical (unpaired) electrons. The van der Waals surface area contributed by atoms with E-state index in [1.165, 1.54) is 167 Å². The molecule has 0 aliphatic carbocycles. The van der Waals surface area contributed by atoms with E-state index in [2.05, 4.69) is 142 Å². The van der Waals surface area contributed by atoms with Gasteiger partial charge in [-0.15, -0.1) is 0 Å². The number of carbonyl (C=O) groups excluding carboxylic acids is 3. The van der Waals surface area contributed by atoms with Crippen molar-refractivity contribution in [1.82, 2.24) is 0 Å². The second-order valence-electron chi connectivity index (χ2n) is 23.1. The minimum absolute atomic E-state index is 0.102. The molecule has 0 bridgehead atoms. The number of esters is 3. The smallest absolute Gasteiger partial charge is 0.306 e. The lowest BCUT2D eigenvalue weighted by Gasteiger charge is -2.18. The lowest BCUT2D eigenvalue weighted by Crippen LogP contribution is -2.30. The third kappa shape index (κ3) is 68.5. The second kappa shape index (κ2) is 70.3. The Balaban J connectivity index is 4.48. The van der Waals surface area contributed by atoms with E-state index in [9.17, 15) is 14.4 Å². The molecule has 0 spiro atoms. The first-order valence-corrected chi connectivity index (χ1v) is 35.0. The van der Waals surface area contributed by atoms with Crippen molar-refractivity contribution in [2.24, 2.45) is 0 Å². The predicted octanol–water partition coefficient (Wildman–Crippen LogP) is 24.3. The molecule has 0 aromatic rings. The van der Waals surface area contributed by atoms with Gasteiger partial charge in [0.25, 0.3) is 0 Å². The van der Waals surface area contributed by atoms with Crippen LogP contribution in [-0.2, 0) is 28.6 Å². The molecule has 83 heavy (non-hydrogen) atoms. The summed E-state index contributed by atoms with van der Waals surface area (Å²) in [5.74, 6) is -0.950. The van der Waals surface area contributed by atoms with Crippen molar-refractivity contribution in [2.75, 3.05) is 13.2 Å². The van der Waals surface area contributed by atoms with Gasteiger partial charge in [0, 0.05) is 19.3 Å². The molecular formula is C77H130O6. The molecule has 0 aliphatic rings. The molecular weight excluding hydrogens is 1020 g/mol. The first-order valence-electron chi connectivity index (χ1n) is 35.0. The average molecular weight is 1150 g/mol. The molecule has 0 fully saturated rings. The molecule has 0 aliphatic heterocycles. The highest BCUT2D eigenvalue weighted by molar-refractivity contribution is 5.71. The Morgan fingerprint density at radius 2 is 0.470 bits per heavy atom. The van der Waals surface area contributed by atoms with E-state index < -0.39 is 6.10 Å². The Morgan fingerprint density at radius 1 is 0.253 bits per heavy atom. The van der Waals surface area contributed by atoms with Crippen molar-refractivity contribution >= 4 is 17.9 Å². The van der Waals surface area contributed by atoms with Crippen LogP contribution in [0.2, 0.25) is 0 Å². The molecule has 0 rings (SSSR count). The standard InChI is InChI=1S/C77H130O6/c1-4-7-10-13-16-19-22-25-28-31-34-37-38-41-43-46-49-52-55-58-61-64-67-70-76(79)82-73-74(83-77(80)71-68-65-62-59-56-53-50-47-44-40-36-33-30-27-24-21-18-15-12-9-6-3)72-81-75(78)69-66-63-60-57-54-51-48-45-42-39-35-32-29-26-23-20-17-14-11-8-5-2/h9,12,18,21,23,26-27,30-32,34-36,40,42,45,47,50,56,59,74H,4-8,10-11,13-17,19-20,22,24-25,28-29,33,37-39,41,43-44,46,48-49,51-55,57-58,60-73H2,1-3H3/b12-9-,21-18-,26-23-,30-27-,34-31-,35-32-,40-36-,45-42-,50-47-,59-56-. The van der Waals surface area contributed by atoms with E-state index in [0.29, 0.717) is 19.3 Å². The highest BCUT2D eigenvalue weighted by atomic mass is 16.6. The minimum atomic E-state index is -0.813. The molecule has 1 unspecified atom stereocenters. The summed E-state index contributed by atoms with van der Waals surface area (Å²) >= 11 is 0. The van der Waals surface area contributed by atoms with Crippen molar-refractivity contribution in [3.8, 4) is 0 Å². The van der Waals surface area contributed by atoms with Gasteiger partial charge in [-0.25, -0.2) is 0 Å². The lowest BCUT2D eigenvalue weighted by atomic mass is 10.0. The molecule has 0 aromatic carbocycles. The van der Waals surface area contributed by atoms with Gasteiger partial charge < -0.3 is 14.2 Å². The highest BCUT2D eigenvalue weighted by Gasteiger charge is 2.19. The highest BCUT2D eigenvalue weighted by Crippen LogP contribution is 2.16. The number of unbranched alkanes of at least 4 members (excludes halogenated alkanes) is 32. The lowest BCUT2D eigenvalue weighted by molar-refractivity contribution is -0.167. The van der Waals surface area contributed by atoms with Crippen LogP contribution in [0.4, 0.5) is 0 Å². The van der Waals surface area contributed by atoms with Gasteiger partial charge in [-0.2, -0.15) is 0 Å². The maximum Gasteiger partial charge on any atom is 0.306 e. The number of carbonyl (C=O) groups is 3. The van der Waals surface area contributed by atoms with Crippen LogP contribution in [0.25, 0.3) is 0 Å². The summed E-state index contributed by atoms with van der Waals surface area (Å²) < 4.78 is 16.9. The number of ether oxygens (including phenoxy) is 3. The monoisotopic (exact) mass is 1150 g/mol. The van der Waals surface area contributed by atoms with Crippen LogP contribution in [0.5, 0.6) is 0 Å². The van der Waals surface area contributed by atoms with Crippen molar-refractivity contribution in [3.63, 3.8) is 0 Å². The maximum absolute atomic E-state index is 12.9. The zero-order valence-corrected chi connectivity index (χ0v) is 54.4. The molecule has 0 saturated heterocycles. The van der Waals surface area contributed by atoms with E-state index in [1.807, 2.05) is 0 Å². The number of rotatable bonds is 63. The van der Waals surface area contributed by atoms with Crippen LogP contribution in [0.3, 0.4) is 0 Å². The van der Waals surface area contributed by atoms with Crippen molar-refractivity contribution < 1.29 is 28.6 Å². The van der Waals surface area contributed by atoms with Crippen LogP contribution in [0.15, 0.2) is 122 Å². The zero-order valence-electron chi connectivity index (χ0n) is 54.4. The minimum Gasteiger partial charge on any atom is -0.462 e. The molecule has 0 N–H and O–H groups in total. The molecule has 0 heterocycles. The van der Waals surface area contributed by atoms with Crippen LogP contribution >= 0.6 is 0 Å². The largest absolute Gasteiger partial charge is 0.462 e. The molecule has 0 aromatic heterocycles. The Labute approximate surface area is 513 Å². The number of allylic oxidation sites excluding steroid dienone is 20. The fraction of sp³-hybridized carbons (Fsp3) is 0.701. The molecule has 6 heteroatoms. The summed E-state index contributed by atoms with van der Waals surface area (Å²) in [5.41, 5.74) is 0. The van der Waals surface area contributed by atoms with E-state index in [1.54, 1.807) is 0 Å². The maximum atomic E-state index is 12.9. The molecule has 474 valence electrons. The first-order chi connectivity index (χ1) is 41.0. The normalized spacial score (nSPS) is 12.9. The van der Waals surface area contributed by atoms with Crippen LogP contribution < -0.4 is 0 Å². The first kappa shape index (κ1) is 78.8. The topological polar surface area (TPSA) is 78.9 Å². The van der Waals surface area contributed by atoms with Gasteiger partial charge in [-0.3, -0.25) is 14.4 Å². The van der Waals surface area contributed by atoms with Gasteiger partial charge >= 0.3 is 17.9 Å². The average Bonchev–Trinajstić information content (AvgIpc) is 3.49. The zero-order chi connectivity index (χ0) is 59.9. The summed E-state index contributed by atoms with van der Waals surface area (Å²) in [5, 5.41) is 0. The third-order valence-corrected chi connectivity index (χ3v) is 14.9. The van der Waals surface area contributed by atoms with Gasteiger partial charge in [0.2, 0.25) is 0 Å². The Morgan fingerprint density at radius 3 is 0.771 bits per heavy atom. The van der Waals surface area contributed by atoms with E-state index in [-0.39, 0.29) is 37.5 Å². The fourth-order valence-electron chi connectivity index (χ4n) is 9.68. The Bertz CT molecular complexity index is 1700. The van der Waals surface area contributed by atoms with E-state index in [4.69, 9.17) is 14.2 Å². The predicted molar refractivity (Wildman–Crippen MR) is 362 cm³/mol. The summed E-state index contributed by atoms with van der Waals surface area (Å²) in [6.45, 7) is 6.50. The van der Waals surface area contributed by atoms with Crippen LogP contribution in [-0.4, -0.2) is 37.2 Å². The Hall–Kier alpha value is -4.19. The molecule has 1 atom stereocenters. The van der Waals surface area contributed by atoms with Gasteiger partial charge in [0.05, 0.1) is 0 Å². The third-order valence-electron chi connectivity index (χ3n) is 14.9.